The lowest BCUT2D eigenvalue weighted by atomic mass is 10.1. The summed E-state index contributed by atoms with van der Waals surface area (Å²) in [6.45, 7) is 3.50. The van der Waals surface area contributed by atoms with Gasteiger partial charge in [0.05, 0.1) is 0 Å². The molecule has 0 saturated carbocycles. The van der Waals surface area contributed by atoms with Crippen LogP contribution in [0.4, 0.5) is 11.8 Å². The van der Waals surface area contributed by atoms with Crippen molar-refractivity contribution < 1.29 is 0 Å². The molecule has 0 saturated heterocycles. The van der Waals surface area contributed by atoms with Crippen molar-refractivity contribution in [2.24, 2.45) is 0 Å². The summed E-state index contributed by atoms with van der Waals surface area (Å²) < 4.78 is 3.72. The van der Waals surface area contributed by atoms with Crippen LogP contribution in [0.1, 0.15) is 18.9 Å². The molecule has 1 aromatic carbocycles. The van der Waals surface area contributed by atoms with Crippen molar-refractivity contribution in [2.75, 3.05) is 17.6 Å². The highest BCUT2D eigenvalue weighted by molar-refractivity contribution is 6.31. The van der Waals surface area contributed by atoms with Crippen molar-refractivity contribution >= 4 is 34.5 Å². The molecule has 28 heavy (non-hydrogen) atoms. The number of fused-ring (bicyclic) bond motifs is 1. The Kier molecular flexibility index (Phi) is 5.12. The molecule has 0 radical (unpaired) electrons. The maximum atomic E-state index is 6.22. The van der Waals surface area contributed by atoms with Crippen LogP contribution in [0, 0.1) is 0 Å². The quantitative estimate of drug-likeness (QED) is 0.497. The Bertz CT molecular complexity index is 1090. The van der Waals surface area contributed by atoms with Crippen molar-refractivity contribution in [3.63, 3.8) is 0 Å². The SMILES string of the molecule is CCCn1c(-n2cccn2)nc2c(N)nc(NCCc3ccccc3Cl)nc21. The number of aromatic nitrogens is 6. The number of nitrogens with two attached hydrogens (primary N) is 1. The van der Waals surface area contributed by atoms with Gasteiger partial charge in [-0.2, -0.15) is 15.1 Å². The Balaban J connectivity index is 1.63. The van der Waals surface area contributed by atoms with Crippen LogP contribution in [-0.4, -0.2) is 35.8 Å². The monoisotopic (exact) mass is 396 g/mol. The number of anilines is 2. The summed E-state index contributed by atoms with van der Waals surface area (Å²) in [6, 6.07) is 9.64. The number of benzene rings is 1. The molecule has 0 amide bonds. The molecule has 3 aromatic heterocycles. The average Bonchev–Trinajstić information content (AvgIpc) is 3.32. The third-order valence-electron chi connectivity index (χ3n) is 4.39. The minimum absolute atomic E-state index is 0.341. The van der Waals surface area contributed by atoms with E-state index in [1.165, 1.54) is 0 Å². The van der Waals surface area contributed by atoms with Crippen molar-refractivity contribution in [3.05, 3.63) is 53.3 Å². The lowest BCUT2D eigenvalue weighted by Crippen LogP contribution is -2.11. The molecule has 3 heterocycles. The highest BCUT2D eigenvalue weighted by atomic mass is 35.5. The number of hydrogen-bond donors (Lipinski definition) is 2. The molecule has 0 atom stereocenters. The first-order valence-electron chi connectivity index (χ1n) is 9.18. The lowest BCUT2D eigenvalue weighted by Gasteiger charge is -2.09. The minimum atomic E-state index is 0.341. The van der Waals surface area contributed by atoms with Crippen molar-refractivity contribution in [2.45, 2.75) is 26.3 Å². The van der Waals surface area contributed by atoms with E-state index in [0.717, 1.165) is 30.0 Å². The van der Waals surface area contributed by atoms with Crippen molar-refractivity contribution in [3.8, 4) is 5.95 Å². The molecule has 0 aliphatic heterocycles. The van der Waals surface area contributed by atoms with Gasteiger partial charge in [0, 0.05) is 30.5 Å². The summed E-state index contributed by atoms with van der Waals surface area (Å²) in [5.41, 5.74) is 8.52. The van der Waals surface area contributed by atoms with Gasteiger partial charge in [-0.1, -0.05) is 36.7 Å². The molecule has 3 N–H and O–H groups in total. The number of halogens is 1. The molecular weight excluding hydrogens is 376 g/mol. The maximum absolute atomic E-state index is 6.22. The number of hydrogen-bond acceptors (Lipinski definition) is 6. The zero-order chi connectivity index (χ0) is 19.5. The van der Waals surface area contributed by atoms with Gasteiger partial charge in [0.15, 0.2) is 17.0 Å². The van der Waals surface area contributed by atoms with E-state index in [9.17, 15) is 0 Å². The Morgan fingerprint density at radius 1 is 1.14 bits per heavy atom. The van der Waals surface area contributed by atoms with Gasteiger partial charge in [-0.25, -0.2) is 9.67 Å². The highest BCUT2D eigenvalue weighted by Gasteiger charge is 2.17. The van der Waals surface area contributed by atoms with E-state index in [0.29, 0.717) is 35.4 Å². The second-order valence-corrected chi connectivity index (χ2v) is 6.79. The smallest absolute Gasteiger partial charge is 0.233 e. The Labute approximate surface area is 167 Å². The molecule has 0 spiro atoms. The van der Waals surface area contributed by atoms with Gasteiger partial charge in [0.25, 0.3) is 0 Å². The predicted molar refractivity (Wildman–Crippen MR) is 111 cm³/mol. The highest BCUT2D eigenvalue weighted by Crippen LogP contribution is 2.23. The van der Waals surface area contributed by atoms with Gasteiger partial charge < -0.3 is 11.1 Å². The third-order valence-corrected chi connectivity index (χ3v) is 4.76. The minimum Gasteiger partial charge on any atom is -0.382 e. The summed E-state index contributed by atoms with van der Waals surface area (Å²) in [6.07, 6.45) is 5.25. The first-order valence-corrected chi connectivity index (χ1v) is 9.56. The molecule has 144 valence electrons. The number of nitrogens with zero attached hydrogens (tertiary/aromatic N) is 6. The van der Waals surface area contributed by atoms with Gasteiger partial charge in [-0.15, -0.1) is 0 Å². The van der Waals surface area contributed by atoms with Crippen LogP contribution in [0.5, 0.6) is 0 Å². The van der Waals surface area contributed by atoms with Crippen molar-refractivity contribution in [1.29, 1.82) is 0 Å². The zero-order valence-electron chi connectivity index (χ0n) is 15.5. The van der Waals surface area contributed by atoms with Crippen LogP contribution in [-0.2, 0) is 13.0 Å². The molecule has 8 nitrogen and oxygen atoms in total. The van der Waals surface area contributed by atoms with Crippen LogP contribution in [0.3, 0.4) is 0 Å². The summed E-state index contributed by atoms with van der Waals surface area (Å²) in [4.78, 5) is 13.7. The van der Waals surface area contributed by atoms with Gasteiger partial charge in [0.2, 0.25) is 11.9 Å². The lowest BCUT2D eigenvalue weighted by molar-refractivity contribution is 0.647. The Hall–Kier alpha value is -3.13. The van der Waals surface area contributed by atoms with Gasteiger partial charge in [-0.3, -0.25) is 4.57 Å². The molecule has 9 heteroatoms. The van der Waals surface area contributed by atoms with Crippen molar-refractivity contribution in [1.82, 2.24) is 29.3 Å². The van der Waals surface area contributed by atoms with E-state index in [-0.39, 0.29) is 0 Å². The average molecular weight is 397 g/mol. The predicted octanol–water partition coefficient (Wildman–Crippen LogP) is 3.31. The molecular formula is C19H21ClN8. The Morgan fingerprint density at radius 3 is 2.75 bits per heavy atom. The number of aryl methyl sites for hydroxylation is 1. The van der Waals surface area contributed by atoms with Crippen LogP contribution in [0.2, 0.25) is 5.02 Å². The van der Waals surface area contributed by atoms with E-state index in [1.807, 2.05) is 41.1 Å². The fraction of sp³-hybridized carbons (Fsp3) is 0.263. The van der Waals surface area contributed by atoms with Crippen LogP contribution in [0.25, 0.3) is 17.1 Å². The number of nitrogen functional groups attached to an aromatic ring is 1. The van der Waals surface area contributed by atoms with E-state index >= 15 is 0 Å². The van der Waals surface area contributed by atoms with E-state index in [4.69, 9.17) is 17.3 Å². The maximum Gasteiger partial charge on any atom is 0.233 e. The van der Waals surface area contributed by atoms with Gasteiger partial charge >= 0.3 is 0 Å². The van der Waals surface area contributed by atoms with E-state index < -0.39 is 0 Å². The normalized spacial score (nSPS) is 11.2. The molecule has 0 bridgehead atoms. The first kappa shape index (κ1) is 18.2. The summed E-state index contributed by atoms with van der Waals surface area (Å²) in [7, 11) is 0. The van der Waals surface area contributed by atoms with E-state index in [1.54, 1.807) is 10.9 Å². The summed E-state index contributed by atoms with van der Waals surface area (Å²) >= 11 is 6.22. The molecule has 0 aliphatic rings. The number of nitrogens with one attached hydrogen (secondary N) is 1. The fourth-order valence-electron chi connectivity index (χ4n) is 3.09. The fourth-order valence-corrected chi connectivity index (χ4v) is 3.32. The molecule has 0 aliphatic carbocycles. The second-order valence-electron chi connectivity index (χ2n) is 6.39. The molecule has 0 unspecified atom stereocenters. The topological polar surface area (TPSA) is 99.5 Å². The summed E-state index contributed by atoms with van der Waals surface area (Å²) in [5, 5.41) is 8.28. The third kappa shape index (κ3) is 3.50. The van der Waals surface area contributed by atoms with Crippen LogP contribution in [0.15, 0.2) is 42.7 Å². The van der Waals surface area contributed by atoms with Gasteiger partial charge in [0.1, 0.15) is 0 Å². The number of imidazole rings is 1. The molecule has 4 rings (SSSR count). The number of rotatable bonds is 7. The zero-order valence-corrected chi connectivity index (χ0v) is 16.3. The molecule has 4 aromatic rings. The summed E-state index contributed by atoms with van der Waals surface area (Å²) in [5.74, 6) is 1.49. The molecule has 0 fully saturated rings. The Morgan fingerprint density at radius 2 is 2.00 bits per heavy atom. The first-order chi connectivity index (χ1) is 13.7. The van der Waals surface area contributed by atoms with Gasteiger partial charge in [-0.05, 0) is 30.5 Å². The second kappa shape index (κ2) is 7.85. The standard InChI is InChI=1S/C19H21ClN8/c1-2-11-27-17-15(24-19(27)28-12-5-9-23-28)16(21)25-18(26-17)22-10-8-13-6-3-4-7-14(13)20/h3-7,9,12H,2,8,10-11H2,1H3,(H3,21,22,25,26). The van der Waals surface area contributed by atoms with Crippen LogP contribution < -0.4 is 11.1 Å². The largest absolute Gasteiger partial charge is 0.382 e. The van der Waals surface area contributed by atoms with E-state index in [2.05, 4.69) is 32.3 Å². The van der Waals surface area contributed by atoms with Crippen LogP contribution >= 0.6 is 11.6 Å².